The molecule has 134 valence electrons. The zero-order valence-corrected chi connectivity index (χ0v) is 25.9. The van der Waals surface area contributed by atoms with E-state index in [1.807, 2.05) is 0 Å². The van der Waals surface area contributed by atoms with Gasteiger partial charge in [0.2, 0.25) is 0 Å². The predicted molar refractivity (Wildman–Crippen MR) is 86.5 cm³/mol. The molecule has 0 bridgehead atoms. The summed E-state index contributed by atoms with van der Waals surface area (Å²) in [6.07, 6.45) is 9.01. The van der Waals surface area contributed by atoms with E-state index in [-0.39, 0.29) is 178 Å². The number of rotatable bonds is 13. The number of hydrogen-bond acceptors (Lipinski definition) is 5. The van der Waals surface area contributed by atoms with Crippen molar-refractivity contribution < 1.29 is 183 Å². The Labute approximate surface area is 283 Å². The van der Waals surface area contributed by atoms with Crippen molar-refractivity contribution in [2.45, 2.75) is 83.6 Å². The van der Waals surface area contributed by atoms with Gasteiger partial charge in [-0.2, -0.15) is 0 Å². The molecule has 0 aromatic rings. The van der Waals surface area contributed by atoms with Crippen LogP contribution < -0.4 is 160 Å². The molecular formula is C16H32K3NO5. The minimum Gasteiger partial charge on any atom is -1.00 e. The van der Waals surface area contributed by atoms with Gasteiger partial charge in [0.1, 0.15) is 6.04 Å². The Hall–Kier alpha value is 3.48. The predicted octanol–water partition coefficient (Wildman–Crippen LogP) is -5.87. The van der Waals surface area contributed by atoms with E-state index in [0.29, 0.717) is 6.42 Å². The maximum atomic E-state index is 11.4. The standard InChI is InChI=1S/C16H29NO5.3K.3H/c1-2-3-4-5-6-7-8-9-10-14(18)22-15(19)12-11-13(17)16(20)21;;;;;;/h13H,2-12,17H2,1H3,(H,20,21);;;;;;/q;3*+1;3*-1/t13-;;;;;;/m0....../s1. The first-order chi connectivity index (χ1) is 10.5. The molecule has 0 unspecified atom stereocenters. The molecule has 0 saturated carbocycles. The summed E-state index contributed by atoms with van der Waals surface area (Å²) < 4.78 is 4.61. The molecule has 0 fully saturated rings. The van der Waals surface area contributed by atoms with Crippen LogP contribution in [0.25, 0.3) is 0 Å². The fraction of sp³-hybridized carbons (Fsp3) is 0.812. The molecule has 0 saturated heterocycles. The van der Waals surface area contributed by atoms with Crippen molar-refractivity contribution in [1.82, 2.24) is 0 Å². The number of carboxylic acid groups (broad SMARTS) is 1. The summed E-state index contributed by atoms with van der Waals surface area (Å²) in [4.78, 5) is 33.2. The smallest absolute Gasteiger partial charge is 1.00 e. The van der Waals surface area contributed by atoms with Gasteiger partial charge in [-0.25, -0.2) is 0 Å². The Bertz CT molecular complexity index is 370. The van der Waals surface area contributed by atoms with Crippen LogP contribution in [0.2, 0.25) is 0 Å². The molecule has 0 spiro atoms. The van der Waals surface area contributed by atoms with Gasteiger partial charge in [0.05, 0.1) is 0 Å². The largest absolute Gasteiger partial charge is 1.00 e. The van der Waals surface area contributed by atoms with E-state index in [4.69, 9.17) is 10.8 Å². The maximum Gasteiger partial charge on any atom is 1.00 e. The average molecular weight is 436 g/mol. The second-order valence-electron chi connectivity index (χ2n) is 5.55. The van der Waals surface area contributed by atoms with Crippen LogP contribution in [0.3, 0.4) is 0 Å². The van der Waals surface area contributed by atoms with Crippen molar-refractivity contribution in [3.05, 3.63) is 0 Å². The third kappa shape index (κ3) is 25.4. The van der Waals surface area contributed by atoms with E-state index in [1.165, 1.54) is 32.1 Å². The molecular weight excluding hydrogens is 403 g/mol. The van der Waals surface area contributed by atoms with Crippen molar-refractivity contribution in [3.8, 4) is 0 Å². The van der Waals surface area contributed by atoms with E-state index < -0.39 is 23.9 Å². The topological polar surface area (TPSA) is 107 Å². The minimum absolute atomic E-state index is 0. The Kier molecular flexibility index (Phi) is 36.6. The van der Waals surface area contributed by atoms with Gasteiger partial charge >= 0.3 is 172 Å². The van der Waals surface area contributed by atoms with Crippen LogP contribution in [-0.4, -0.2) is 29.1 Å². The summed E-state index contributed by atoms with van der Waals surface area (Å²) in [5.41, 5.74) is 5.26. The van der Waals surface area contributed by atoms with Crippen molar-refractivity contribution in [2.24, 2.45) is 5.73 Å². The first-order valence-electron chi connectivity index (χ1n) is 8.19. The molecule has 0 aromatic heterocycles. The van der Waals surface area contributed by atoms with E-state index in [0.717, 1.165) is 12.8 Å². The molecule has 1 atom stereocenters. The molecule has 0 aliphatic carbocycles. The van der Waals surface area contributed by atoms with Gasteiger partial charge < -0.3 is 19.9 Å². The minimum atomic E-state index is -1.17. The van der Waals surface area contributed by atoms with Crippen LogP contribution in [0.1, 0.15) is 81.8 Å². The number of aliphatic carboxylic acids is 1. The Morgan fingerprint density at radius 3 is 1.80 bits per heavy atom. The summed E-state index contributed by atoms with van der Waals surface area (Å²) in [7, 11) is 0. The first-order valence-corrected chi connectivity index (χ1v) is 8.19. The maximum absolute atomic E-state index is 11.4. The molecule has 25 heavy (non-hydrogen) atoms. The van der Waals surface area contributed by atoms with E-state index in [1.54, 1.807) is 0 Å². The number of ether oxygens (including phenoxy) is 1. The number of carbonyl (C=O) groups excluding carboxylic acids is 2. The summed E-state index contributed by atoms with van der Waals surface area (Å²) in [5.74, 6) is -2.42. The zero-order valence-electron chi connectivity index (χ0n) is 19.5. The van der Waals surface area contributed by atoms with Gasteiger partial charge in [0, 0.05) is 12.8 Å². The average Bonchev–Trinajstić information content (AvgIpc) is 2.47. The summed E-state index contributed by atoms with van der Waals surface area (Å²) >= 11 is 0. The molecule has 0 heterocycles. The Morgan fingerprint density at radius 2 is 1.32 bits per heavy atom. The van der Waals surface area contributed by atoms with E-state index >= 15 is 0 Å². The van der Waals surface area contributed by atoms with Crippen molar-refractivity contribution in [3.63, 3.8) is 0 Å². The van der Waals surface area contributed by atoms with Gasteiger partial charge in [-0.15, -0.1) is 0 Å². The fourth-order valence-electron chi connectivity index (χ4n) is 2.03. The van der Waals surface area contributed by atoms with Gasteiger partial charge in [-0.1, -0.05) is 51.9 Å². The van der Waals surface area contributed by atoms with Crippen LogP contribution >= 0.6 is 0 Å². The number of hydrogen-bond donors (Lipinski definition) is 2. The van der Waals surface area contributed by atoms with Gasteiger partial charge in [-0.3, -0.25) is 14.4 Å². The Morgan fingerprint density at radius 1 is 0.880 bits per heavy atom. The summed E-state index contributed by atoms with van der Waals surface area (Å²) in [5, 5.41) is 8.57. The molecule has 0 rings (SSSR count). The van der Waals surface area contributed by atoms with Crippen LogP contribution in [0.5, 0.6) is 0 Å². The number of carbonyl (C=O) groups is 3. The van der Waals surface area contributed by atoms with Crippen LogP contribution in [0.4, 0.5) is 0 Å². The first kappa shape index (κ1) is 35.9. The van der Waals surface area contributed by atoms with Crippen molar-refractivity contribution in [1.29, 1.82) is 0 Å². The number of unbranched alkanes of at least 4 members (excludes halogenated alkanes) is 7. The third-order valence-electron chi connectivity index (χ3n) is 3.44. The van der Waals surface area contributed by atoms with Crippen LogP contribution in [-0.2, 0) is 19.1 Å². The molecule has 0 radical (unpaired) electrons. The molecule has 0 aromatic carbocycles. The second kappa shape index (κ2) is 25.5. The van der Waals surface area contributed by atoms with Crippen LogP contribution in [0, 0.1) is 0 Å². The molecule has 9 heteroatoms. The zero-order chi connectivity index (χ0) is 16.8. The molecule has 3 N–H and O–H groups in total. The Balaban J connectivity index is -0.000000147. The van der Waals surface area contributed by atoms with Gasteiger partial charge in [-0.05, 0) is 12.8 Å². The molecule has 0 aliphatic rings. The summed E-state index contributed by atoms with van der Waals surface area (Å²) in [6, 6.07) is -1.10. The molecule has 6 nitrogen and oxygen atoms in total. The van der Waals surface area contributed by atoms with Crippen LogP contribution in [0.15, 0.2) is 0 Å². The van der Waals surface area contributed by atoms with Gasteiger partial charge in [0.15, 0.2) is 0 Å². The second-order valence-corrected chi connectivity index (χ2v) is 5.55. The monoisotopic (exact) mass is 435 g/mol. The normalized spacial score (nSPS) is 10.5. The number of esters is 2. The summed E-state index contributed by atoms with van der Waals surface area (Å²) in [6.45, 7) is 2.18. The number of nitrogens with two attached hydrogens (primary N) is 1. The van der Waals surface area contributed by atoms with Crippen molar-refractivity contribution >= 4 is 17.9 Å². The molecule has 0 aliphatic heterocycles. The molecule has 0 amide bonds. The van der Waals surface area contributed by atoms with Gasteiger partial charge in [0.25, 0.3) is 0 Å². The van der Waals surface area contributed by atoms with Crippen molar-refractivity contribution in [2.75, 3.05) is 0 Å². The number of carboxylic acids is 1. The van der Waals surface area contributed by atoms with E-state index in [2.05, 4.69) is 11.7 Å². The third-order valence-corrected chi connectivity index (χ3v) is 3.44. The quantitative estimate of drug-likeness (QED) is 0.129. The van der Waals surface area contributed by atoms with E-state index in [9.17, 15) is 14.4 Å². The SMILES string of the molecule is CCCCCCCCCCC(=O)OC(=O)CC[C@H](N)C(=O)O.[H-].[H-].[H-].[K+].[K+].[K+]. The fourth-order valence-corrected chi connectivity index (χ4v) is 2.03.